The van der Waals surface area contributed by atoms with Crippen LogP contribution in [-0.4, -0.2) is 98.6 Å². The van der Waals surface area contributed by atoms with E-state index in [0.717, 1.165) is 11.3 Å². The molecular formula is C23H28F3N3O5S2. The molecule has 198 valence electrons. The van der Waals surface area contributed by atoms with Gasteiger partial charge in [0.15, 0.2) is 9.81 Å². The van der Waals surface area contributed by atoms with Gasteiger partial charge in [0.1, 0.15) is 0 Å². The smallest absolute Gasteiger partial charge is 0.395 e. The van der Waals surface area contributed by atoms with Crippen LogP contribution in [0.5, 0.6) is 0 Å². The molecule has 3 atom stereocenters. The fourth-order valence-electron chi connectivity index (χ4n) is 4.50. The summed E-state index contributed by atoms with van der Waals surface area (Å²) in [5.41, 5.74) is -2.66. The first-order valence-corrected chi connectivity index (χ1v) is 13.7. The Morgan fingerprint density at radius 1 is 1.17 bits per heavy atom. The van der Waals surface area contributed by atoms with Crippen molar-refractivity contribution in [1.29, 1.82) is 0 Å². The molecule has 36 heavy (non-hydrogen) atoms. The molecule has 3 unspecified atom stereocenters. The lowest BCUT2D eigenvalue weighted by atomic mass is 9.95. The summed E-state index contributed by atoms with van der Waals surface area (Å²) in [6.07, 6.45) is -4.83. The molecule has 2 aromatic rings. The van der Waals surface area contributed by atoms with Gasteiger partial charge in [0, 0.05) is 44.5 Å². The summed E-state index contributed by atoms with van der Waals surface area (Å²) in [5.74, 6) is 0. The van der Waals surface area contributed by atoms with Crippen molar-refractivity contribution in [1.82, 2.24) is 9.21 Å². The fourth-order valence-corrected chi connectivity index (χ4v) is 6.85. The molecule has 8 nitrogen and oxygen atoms in total. The number of aliphatic hydroxyl groups is 2. The minimum absolute atomic E-state index is 0.114. The van der Waals surface area contributed by atoms with E-state index in [1.54, 1.807) is 0 Å². The van der Waals surface area contributed by atoms with Crippen LogP contribution in [0.4, 0.5) is 18.9 Å². The molecule has 2 aliphatic heterocycles. The van der Waals surface area contributed by atoms with Crippen molar-refractivity contribution in [3.05, 3.63) is 47.3 Å². The second-order valence-electron chi connectivity index (χ2n) is 9.05. The summed E-state index contributed by atoms with van der Waals surface area (Å²) in [6, 6.07) is 8.97. The summed E-state index contributed by atoms with van der Waals surface area (Å²) >= 11 is 0.968. The molecule has 1 aromatic carbocycles. The van der Waals surface area contributed by atoms with E-state index >= 15 is 0 Å². The highest BCUT2D eigenvalue weighted by Crippen LogP contribution is 2.39. The first-order valence-electron chi connectivity index (χ1n) is 11.4. The lowest BCUT2D eigenvalue weighted by molar-refractivity contribution is -0.258. The van der Waals surface area contributed by atoms with Gasteiger partial charge in [0.2, 0.25) is 0 Å². The number of anilines is 1. The molecule has 2 aliphatic rings. The van der Waals surface area contributed by atoms with Crippen LogP contribution in [0, 0.1) is 11.4 Å². The van der Waals surface area contributed by atoms with E-state index in [0.29, 0.717) is 45.5 Å². The highest BCUT2D eigenvalue weighted by Gasteiger charge is 2.51. The van der Waals surface area contributed by atoms with Crippen molar-refractivity contribution < 1.29 is 36.5 Å². The van der Waals surface area contributed by atoms with Gasteiger partial charge in [-0.1, -0.05) is 29.5 Å². The largest absolute Gasteiger partial charge is 0.421 e. The minimum Gasteiger partial charge on any atom is -0.395 e. The second-order valence-corrected chi connectivity index (χ2v) is 12.1. The zero-order chi connectivity index (χ0) is 26.1. The lowest BCUT2D eigenvalue weighted by Gasteiger charge is -2.45. The molecule has 13 heteroatoms. The quantitative estimate of drug-likeness (QED) is 0.545. The Hall–Kier alpha value is -1.92. The van der Waals surface area contributed by atoms with E-state index in [9.17, 15) is 31.8 Å². The molecule has 0 radical (unpaired) electrons. The highest BCUT2D eigenvalue weighted by atomic mass is 32.2. The molecule has 0 amide bonds. The number of benzene rings is 1. The van der Waals surface area contributed by atoms with Crippen LogP contribution in [0.2, 0.25) is 0 Å². The van der Waals surface area contributed by atoms with Crippen molar-refractivity contribution >= 4 is 27.0 Å². The zero-order valence-electron chi connectivity index (χ0n) is 19.6. The van der Waals surface area contributed by atoms with Crippen LogP contribution >= 0.6 is 11.3 Å². The summed E-state index contributed by atoms with van der Waals surface area (Å²) in [5, 5.41) is 22.5. The van der Waals surface area contributed by atoms with Crippen LogP contribution < -0.4 is 4.90 Å². The zero-order valence-corrected chi connectivity index (χ0v) is 21.2. The fraction of sp³-hybridized carbons (Fsp3) is 0.565. The molecule has 1 aromatic heterocycles. The number of sulfonamides is 1. The highest BCUT2D eigenvalue weighted by molar-refractivity contribution is 7.91. The number of ether oxygens (including phenoxy) is 1. The topological polar surface area (TPSA) is 93.6 Å². The maximum absolute atomic E-state index is 13.3. The Balaban J connectivity index is 1.61. The van der Waals surface area contributed by atoms with Gasteiger partial charge in [-0.25, -0.2) is 8.42 Å². The minimum atomic E-state index is -4.83. The number of morpholine rings is 1. The molecule has 2 N–H and O–H groups in total. The van der Waals surface area contributed by atoms with Crippen LogP contribution in [-0.2, 0) is 20.4 Å². The number of hydrogen-bond acceptors (Lipinski definition) is 8. The summed E-state index contributed by atoms with van der Waals surface area (Å²) < 4.78 is 73.2. The molecular weight excluding hydrogens is 519 g/mol. The SMILES string of the molecule is CC(O)(c1ccc(N2CCN(S(=O)(=O)c3cc#cs3)CC2CN2CCOCC2CO)cc1)C(F)(F)F. The number of halogens is 3. The van der Waals surface area contributed by atoms with Crippen LogP contribution in [0.1, 0.15) is 12.5 Å². The molecule has 2 fully saturated rings. The predicted molar refractivity (Wildman–Crippen MR) is 127 cm³/mol. The molecule has 4 rings (SSSR count). The Morgan fingerprint density at radius 2 is 1.89 bits per heavy atom. The molecule has 0 spiro atoms. The molecule has 0 bridgehead atoms. The van der Waals surface area contributed by atoms with E-state index in [-0.39, 0.29) is 41.6 Å². The second kappa shape index (κ2) is 10.4. The number of nitrogens with zero attached hydrogens (tertiary/aromatic N) is 3. The van der Waals surface area contributed by atoms with E-state index in [4.69, 9.17) is 4.74 Å². The molecule has 0 aliphatic carbocycles. The van der Waals surface area contributed by atoms with E-state index < -0.39 is 21.8 Å². The number of hydrogen-bond donors (Lipinski definition) is 2. The van der Waals surface area contributed by atoms with E-state index in [1.165, 1.54) is 34.6 Å². The van der Waals surface area contributed by atoms with Gasteiger partial charge in [-0.2, -0.15) is 17.5 Å². The Labute approximate surface area is 212 Å². The number of rotatable bonds is 7. The average Bonchev–Trinajstić information content (AvgIpc) is 3.40. The van der Waals surface area contributed by atoms with Gasteiger partial charge in [-0.05, 0) is 30.0 Å². The van der Waals surface area contributed by atoms with Crippen LogP contribution in [0.3, 0.4) is 0 Å². The van der Waals surface area contributed by atoms with E-state index in [1.807, 2.05) is 9.80 Å². The Kier molecular flexibility index (Phi) is 7.87. The average molecular weight is 548 g/mol. The lowest BCUT2D eigenvalue weighted by Crippen LogP contribution is -2.60. The first-order chi connectivity index (χ1) is 16.9. The van der Waals surface area contributed by atoms with E-state index in [2.05, 4.69) is 11.4 Å². The number of piperazine rings is 1. The van der Waals surface area contributed by atoms with Crippen molar-refractivity contribution in [3.8, 4) is 0 Å². The molecule has 2 saturated heterocycles. The number of alkyl halides is 3. The molecule has 3 heterocycles. The van der Waals surface area contributed by atoms with Gasteiger partial charge in [-0.3, -0.25) is 4.90 Å². The number of aliphatic hydroxyl groups excluding tert-OH is 1. The van der Waals surface area contributed by atoms with Crippen LogP contribution in [0.25, 0.3) is 0 Å². The van der Waals surface area contributed by atoms with Crippen molar-refractivity contribution in [2.45, 2.75) is 35.0 Å². The Morgan fingerprint density at radius 3 is 2.50 bits per heavy atom. The van der Waals surface area contributed by atoms with Gasteiger partial charge in [0.05, 0.1) is 31.9 Å². The third-order valence-corrected chi connectivity index (χ3v) is 9.82. The normalized spacial score (nSPS) is 24.3. The van der Waals surface area contributed by atoms with Gasteiger partial charge < -0.3 is 19.8 Å². The van der Waals surface area contributed by atoms with Crippen LogP contribution in [0.15, 0.2) is 34.5 Å². The predicted octanol–water partition coefficient (Wildman–Crippen LogP) is 1.69. The summed E-state index contributed by atoms with van der Waals surface area (Å²) in [6.45, 7) is 3.06. The maximum Gasteiger partial charge on any atom is 0.421 e. The van der Waals surface area contributed by atoms with Crippen molar-refractivity contribution in [2.75, 3.05) is 57.4 Å². The standard InChI is InChI=1S/C23H28F3N3O5S2/c1-22(31,23(24,25)26)17-4-6-18(7-5-17)29-9-8-28(36(32,33)21-3-2-12-35-21)14-19(29)13-27-10-11-34-16-20(27)15-30/h3-7,19-20,30-31H,8-11,13-16H2,1H3. The Bertz CT molecular complexity index is 1110. The molecule has 0 saturated carbocycles. The van der Waals surface area contributed by atoms with Crippen molar-refractivity contribution in [3.63, 3.8) is 0 Å². The third kappa shape index (κ3) is 5.35. The van der Waals surface area contributed by atoms with Gasteiger partial charge >= 0.3 is 6.18 Å². The third-order valence-electron chi connectivity index (χ3n) is 6.76. The summed E-state index contributed by atoms with van der Waals surface area (Å²) in [7, 11) is -3.75. The first kappa shape index (κ1) is 27.1. The van der Waals surface area contributed by atoms with Crippen molar-refractivity contribution in [2.24, 2.45) is 0 Å². The summed E-state index contributed by atoms with van der Waals surface area (Å²) in [4.78, 5) is 4.02. The monoisotopic (exact) mass is 547 g/mol. The maximum atomic E-state index is 13.3. The van der Waals surface area contributed by atoms with Gasteiger partial charge in [0.25, 0.3) is 10.0 Å². The van der Waals surface area contributed by atoms with Gasteiger partial charge in [-0.15, -0.1) is 0 Å².